The van der Waals surface area contributed by atoms with E-state index in [-0.39, 0.29) is 5.75 Å². The van der Waals surface area contributed by atoms with Gasteiger partial charge in [-0.05, 0) is 23.3 Å². The highest BCUT2D eigenvalue weighted by molar-refractivity contribution is 5.76. The number of rotatable bonds is 6. The van der Waals surface area contributed by atoms with Crippen LogP contribution >= 0.6 is 0 Å². The van der Waals surface area contributed by atoms with Crippen LogP contribution in [0, 0.1) is 0 Å². The molecule has 0 aliphatic heterocycles. The molecule has 0 aliphatic rings. The van der Waals surface area contributed by atoms with Gasteiger partial charge < -0.3 is 15.5 Å². The highest BCUT2D eigenvalue weighted by Gasteiger charge is 2.18. The predicted molar refractivity (Wildman–Crippen MR) is 76.6 cm³/mol. The number of carboxylic acids is 1. The topological polar surface area (TPSA) is 69.6 Å². The van der Waals surface area contributed by atoms with Crippen LogP contribution in [0.25, 0.3) is 0 Å². The molecule has 0 aromatic heterocycles. The van der Waals surface area contributed by atoms with Crippen LogP contribution in [0.4, 0.5) is 0 Å². The number of aromatic hydroxyl groups is 1. The number of phenolic OH excluding ortho intramolecular Hbond substituents is 1. The molecule has 2 aromatic carbocycles. The maximum atomic E-state index is 11.3. The summed E-state index contributed by atoms with van der Waals surface area (Å²) in [6, 6.07) is 16.0. The second-order valence-corrected chi connectivity index (χ2v) is 4.60. The average molecular weight is 271 g/mol. The van der Waals surface area contributed by atoms with E-state index in [1.54, 1.807) is 24.3 Å². The van der Waals surface area contributed by atoms with Crippen molar-refractivity contribution in [2.75, 3.05) is 6.54 Å². The van der Waals surface area contributed by atoms with Crippen molar-refractivity contribution >= 4 is 5.97 Å². The van der Waals surface area contributed by atoms with E-state index in [1.807, 2.05) is 30.3 Å². The zero-order valence-electron chi connectivity index (χ0n) is 11.0. The molecule has 1 unspecified atom stereocenters. The average Bonchev–Trinajstić information content (AvgIpc) is 2.46. The Hall–Kier alpha value is -2.33. The highest BCUT2D eigenvalue weighted by atomic mass is 16.4. The lowest BCUT2D eigenvalue weighted by Crippen LogP contribution is -2.26. The van der Waals surface area contributed by atoms with E-state index in [2.05, 4.69) is 5.32 Å². The SMILES string of the molecule is O=C(O)C(CNCc1ccc(O)cc1)c1ccccc1. The molecule has 0 fully saturated rings. The number of aliphatic carboxylic acids is 1. The Morgan fingerprint density at radius 3 is 2.30 bits per heavy atom. The van der Waals surface area contributed by atoms with Gasteiger partial charge in [0.15, 0.2) is 0 Å². The minimum atomic E-state index is -0.839. The molecule has 1 atom stereocenters. The van der Waals surface area contributed by atoms with Crippen LogP contribution in [0.1, 0.15) is 17.0 Å². The lowest BCUT2D eigenvalue weighted by atomic mass is 9.99. The van der Waals surface area contributed by atoms with Gasteiger partial charge in [0.05, 0.1) is 5.92 Å². The molecule has 0 heterocycles. The Balaban J connectivity index is 1.93. The quantitative estimate of drug-likeness (QED) is 0.754. The first-order valence-corrected chi connectivity index (χ1v) is 6.43. The summed E-state index contributed by atoms with van der Waals surface area (Å²) in [5, 5.41) is 21.6. The summed E-state index contributed by atoms with van der Waals surface area (Å²) in [6.45, 7) is 0.928. The minimum Gasteiger partial charge on any atom is -0.508 e. The maximum Gasteiger partial charge on any atom is 0.312 e. The van der Waals surface area contributed by atoms with Crippen LogP contribution in [0.15, 0.2) is 54.6 Å². The Bertz CT molecular complexity index is 552. The smallest absolute Gasteiger partial charge is 0.312 e. The summed E-state index contributed by atoms with van der Waals surface area (Å²) in [7, 11) is 0. The van der Waals surface area contributed by atoms with Crippen molar-refractivity contribution in [3.8, 4) is 5.75 Å². The molecular formula is C16H17NO3. The summed E-state index contributed by atoms with van der Waals surface area (Å²) in [5.41, 5.74) is 1.79. The van der Waals surface area contributed by atoms with E-state index < -0.39 is 11.9 Å². The van der Waals surface area contributed by atoms with Crippen molar-refractivity contribution in [1.29, 1.82) is 0 Å². The zero-order valence-corrected chi connectivity index (χ0v) is 11.0. The molecular weight excluding hydrogens is 254 g/mol. The van der Waals surface area contributed by atoms with Crippen LogP contribution in [-0.4, -0.2) is 22.7 Å². The number of benzene rings is 2. The van der Waals surface area contributed by atoms with Gasteiger partial charge in [-0.15, -0.1) is 0 Å². The molecule has 0 aliphatic carbocycles. The number of hydrogen-bond donors (Lipinski definition) is 3. The number of nitrogens with one attached hydrogen (secondary N) is 1. The Kier molecular flexibility index (Phi) is 4.74. The van der Waals surface area contributed by atoms with Crippen LogP contribution in [0.5, 0.6) is 5.75 Å². The van der Waals surface area contributed by atoms with E-state index in [0.29, 0.717) is 13.1 Å². The van der Waals surface area contributed by atoms with Gasteiger partial charge in [0, 0.05) is 13.1 Å². The van der Waals surface area contributed by atoms with E-state index in [1.165, 1.54) is 0 Å². The lowest BCUT2D eigenvalue weighted by molar-refractivity contribution is -0.138. The zero-order chi connectivity index (χ0) is 14.4. The Morgan fingerprint density at radius 2 is 1.70 bits per heavy atom. The third-order valence-corrected chi connectivity index (χ3v) is 3.11. The number of carboxylic acid groups (broad SMARTS) is 1. The maximum absolute atomic E-state index is 11.3. The molecule has 4 nitrogen and oxygen atoms in total. The third kappa shape index (κ3) is 3.83. The molecule has 0 saturated heterocycles. The summed E-state index contributed by atoms with van der Waals surface area (Å²) in [6.07, 6.45) is 0. The monoisotopic (exact) mass is 271 g/mol. The van der Waals surface area contributed by atoms with Crippen molar-refractivity contribution < 1.29 is 15.0 Å². The number of carbonyl (C=O) groups is 1. The summed E-state index contributed by atoms with van der Waals surface area (Å²) in [4.78, 5) is 11.3. The normalized spacial score (nSPS) is 12.0. The largest absolute Gasteiger partial charge is 0.508 e. The lowest BCUT2D eigenvalue weighted by Gasteiger charge is -2.13. The van der Waals surface area contributed by atoms with Gasteiger partial charge in [0.2, 0.25) is 0 Å². The molecule has 2 aromatic rings. The van der Waals surface area contributed by atoms with Gasteiger partial charge >= 0.3 is 5.97 Å². The summed E-state index contributed by atoms with van der Waals surface area (Å²) in [5.74, 6) is -1.18. The fraction of sp³-hybridized carbons (Fsp3) is 0.188. The van der Waals surface area contributed by atoms with Gasteiger partial charge in [0.1, 0.15) is 5.75 Å². The van der Waals surface area contributed by atoms with Gasteiger partial charge in [0.25, 0.3) is 0 Å². The molecule has 4 heteroatoms. The van der Waals surface area contributed by atoms with Gasteiger partial charge in [-0.25, -0.2) is 0 Å². The number of hydrogen-bond acceptors (Lipinski definition) is 3. The van der Waals surface area contributed by atoms with Gasteiger partial charge in [-0.2, -0.15) is 0 Å². The Morgan fingerprint density at radius 1 is 1.05 bits per heavy atom. The molecule has 0 bridgehead atoms. The van der Waals surface area contributed by atoms with Crippen LogP contribution < -0.4 is 5.32 Å². The third-order valence-electron chi connectivity index (χ3n) is 3.11. The van der Waals surface area contributed by atoms with Crippen molar-refractivity contribution in [3.05, 3.63) is 65.7 Å². The van der Waals surface area contributed by atoms with Crippen LogP contribution in [-0.2, 0) is 11.3 Å². The molecule has 20 heavy (non-hydrogen) atoms. The van der Waals surface area contributed by atoms with Crippen molar-refractivity contribution in [3.63, 3.8) is 0 Å². The van der Waals surface area contributed by atoms with Crippen LogP contribution in [0.2, 0.25) is 0 Å². The fourth-order valence-corrected chi connectivity index (χ4v) is 2.01. The predicted octanol–water partition coefficient (Wildman–Crippen LogP) is 2.35. The summed E-state index contributed by atoms with van der Waals surface area (Å²) >= 11 is 0. The fourth-order valence-electron chi connectivity index (χ4n) is 2.01. The number of phenols is 1. The first-order valence-electron chi connectivity index (χ1n) is 6.43. The van der Waals surface area contributed by atoms with Gasteiger partial charge in [-0.1, -0.05) is 42.5 Å². The van der Waals surface area contributed by atoms with E-state index in [0.717, 1.165) is 11.1 Å². The molecule has 0 amide bonds. The first kappa shape index (κ1) is 14.1. The Labute approximate surface area is 117 Å². The second kappa shape index (κ2) is 6.73. The molecule has 3 N–H and O–H groups in total. The van der Waals surface area contributed by atoms with Crippen molar-refractivity contribution in [2.24, 2.45) is 0 Å². The highest BCUT2D eigenvalue weighted by Crippen LogP contribution is 2.15. The standard InChI is InChI=1S/C16H17NO3/c18-14-8-6-12(7-9-14)10-17-11-15(16(19)20)13-4-2-1-3-5-13/h1-9,15,17-18H,10-11H2,(H,19,20). The minimum absolute atomic E-state index is 0.224. The van der Waals surface area contributed by atoms with Crippen molar-refractivity contribution in [1.82, 2.24) is 5.32 Å². The van der Waals surface area contributed by atoms with Gasteiger partial charge in [-0.3, -0.25) is 4.79 Å². The molecule has 2 rings (SSSR count). The molecule has 0 radical (unpaired) electrons. The second-order valence-electron chi connectivity index (χ2n) is 4.60. The summed E-state index contributed by atoms with van der Waals surface area (Å²) < 4.78 is 0. The van der Waals surface area contributed by atoms with E-state index >= 15 is 0 Å². The van der Waals surface area contributed by atoms with E-state index in [4.69, 9.17) is 0 Å². The molecule has 0 spiro atoms. The first-order chi connectivity index (χ1) is 9.66. The molecule has 104 valence electrons. The molecule has 0 saturated carbocycles. The van der Waals surface area contributed by atoms with Crippen molar-refractivity contribution in [2.45, 2.75) is 12.5 Å². The van der Waals surface area contributed by atoms with Crippen LogP contribution in [0.3, 0.4) is 0 Å². The van der Waals surface area contributed by atoms with E-state index in [9.17, 15) is 15.0 Å².